The van der Waals surface area contributed by atoms with Crippen LogP contribution in [0.15, 0.2) is 0 Å². The first-order chi connectivity index (χ1) is 5.70. The number of halogens is 3. The third kappa shape index (κ3) is 5.75. The van der Waals surface area contributed by atoms with Crippen LogP contribution >= 0.6 is 0 Å². The minimum atomic E-state index is -5.01. The second-order valence-corrected chi connectivity index (χ2v) is 3.55. The molecule has 0 radical (unpaired) electrons. The maximum absolute atomic E-state index is 12.3. The van der Waals surface area contributed by atoms with Gasteiger partial charge in [0, 0.05) is 6.42 Å². The van der Waals surface area contributed by atoms with Crippen molar-refractivity contribution in [3.8, 4) is 0 Å². The van der Waals surface area contributed by atoms with Gasteiger partial charge in [0.05, 0.1) is 6.61 Å². The number of rotatable bonds is 4. The second-order valence-electron chi connectivity index (χ2n) is 3.55. The van der Waals surface area contributed by atoms with Gasteiger partial charge in [-0.15, -0.1) is 0 Å². The normalized spacial score (nSPS) is 11.9. The maximum Gasteiger partial charge on any atom is 1.00 e. The number of carbonyl (C=O) groups is 1. The Morgan fingerprint density at radius 1 is 1.36 bits per heavy atom. The monoisotopic (exact) mass is 236 g/mol. The van der Waals surface area contributed by atoms with Crippen molar-refractivity contribution in [3.63, 3.8) is 0 Å². The summed E-state index contributed by atoms with van der Waals surface area (Å²) >= 11 is 0. The van der Waals surface area contributed by atoms with E-state index in [1.807, 2.05) is 0 Å². The van der Waals surface area contributed by atoms with Crippen molar-refractivity contribution in [2.24, 2.45) is 0 Å². The molecule has 14 heavy (non-hydrogen) atoms. The van der Waals surface area contributed by atoms with Gasteiger partial charge in [0.1, 0.15) is 0 Å². The van der Waals surface area contributed by atoms with Gasteiger partial charge in [0.15, 0.2) is 0 Å². The van der Waals surface area contributed by atoms with E-state index in [0.717, 1.165) is 13.8 Å². The van der Waals surface area contributed by atoms with Gasteiger partial charge in [-0.2, -0.15) is 0 Å². The molecule has 78 valence electrons. The second kappa shape index (κ2) is 6.52. The van der Waals surface area contributed by atoms with Gasteiger partial charge < -0.3 is 17.7 Å². The van der Waals surface area contributed by atoms with Crippen LogP contribution in [0, 0.1) is 0 Å². The van der Waals surface area contributed by atoms with Crippen LogP contribution < -0.4 is 51.4 Å². The molecular weight excluding hydrogens is 223 g/mol. The molecule has 0 fully saturated rings. The Morgan fingerprint density at radius 2 is 1.79 bits per heavy atom. The van der Waals surface area contributed by atoms with Gasteiger partial charge in [-0.25, -0.2) is 0 Å². The quantitative estimate of drug-likeness (QED) is 0.489. The van der Waals surface area contributed by atoms with Crippen LogP contribution in [0.1, 0.15) is 27.2 Å². The average Bonchev–Trinajstić information content (AvgIpc) is 1.83. The van der Waals surface area contributed by atoms with E-state index in [-0.39, 0.29) is 58.0 Å². The van der Waals surface area contributed by atoms with Gasteiger partial charge in [-0.05, 0) is 6.92 Å². The van der Waals surface area contributed by atoms with Gasteiger partial charge in [0.25, 0.3) is 0 Å². The molecule has 7 heteroatoms. The van der Waals surface area contributed by atoms with Gasteiger partial charge >= 0.3 is 64.3 Å². The fraction of sp³-hybridized carbons (Fsp3) is 0.857. The van der Waals surface area contributed by atoms with Crippen molar-refractivity contribution >= 4 is 12.9 Å². The van der Waals surface area contributed by atoms with Crippen LogP contribution in [-0.4, -0.2) is 19.6 Å². The predicted molar refractivity (Wildman–Crippen MR) is 44.4 cm³/mol. The van der Waals surface area contributed by atoms with E-state index >= 15 is 0 Å². The molecule has 0 aromatic rings. The summed E-state index contributed by atoms with van der Waals surface area (Å²) in [6.45, 7) is -1.33. The molecule has 0 aliphatic rings. The zero-order valence-electron chi connectivity index (χ0n) is 8.94. The standard InChI is InChI=1S/C7H13BF3O2.K/c1-4-13-6(12)5-7(2,3)8(9,10)11;/h4-5H2,1-3H3;/q-1;+1. The van der Waals surface area contributed by atoms with E-state index in [9.17, 15) is 17.7 Å². The molecule has 0 saturated heterocycles. The van der Waals surface area contributed by atoms with Crippen molar-refractivity contribution in [3.05, 3.63) is 0 Å². The van der Waals surface area contributed by atoms with Gasteiger partial charge in [-0.1, -0.05) is 19.2 Å². The van der Waals surface area contributed by atoms with Crippen LogP contribution in [0.4, 0.5) is 12.9 Å². The molecule has 0 atom stereocenters. The number of carbonyl (C=O) groups excluding carboxylic acids is 1. The average molecular weight is 236 g/mol. The van der Waals surface area contributed by atoms with E-state index in [0.29, 0.717) is 0 Å². The first kappa shape index (κ1) is 17.4. The van der Waals surface area contributed by atoms with Gasteiger partial charge in [0.2, 0.25) is 0 Å². The van der Waals surface area contributed by atoms with Gasteiger partial charge in [-0.3, -0.25) is 4.79 Å². The third-order valence-corrected chi connectivity index (χ3v) is 1.79. The minimum Gasteiger partial charge on any atom is -0.466 e. The molecule has 2 nitrogen and oxygen atoms in total. The van der Waals surface area contributed by atoms with E-state index in [2.05, 4.69) is 4.74 Å². The Morgan fingerprint density at radius 3 is 2.07 bits per heavy atom. The van der Waals surface area contributed by atoms with Crippen molar-refractivity contribution in [1.29, 1.82) is 0 Å². The Hall–Kier alpha value is 0.961. The van der Waals surface area contributed by atoms with Crippen molar-refractivity contribution in [1.82, 2.24) is 0 Å². The largest absolute Gasteiger partial charge is 1.00 e. The summed E-state index contributed by atoms with van der Waals surface area (Å²) in [6.07, 6.45) is -0.607. The topological polar surface area (TPSA) is 26.3 Å². The number of hydrogen-bond acceptors (Lipinski definition) is 2. The zero-order valence-corrected chi connectivity index (χ0v) is 12.1. The van der Waals surface area contributed by atoms with E-state index < -0.39 is 24.7 Å². The fourth-order valence-corrected chi connectivity index (χ4v) is 0.700. The Bertz CT molecular complexity index is 194. The molecule has 0 heterocycles. The first-order valence-corrected chi connectivity index (χ1v) is 4.05. The molecule has 0 saturated carbocycles. The summed E-state index contributed by atoms with van der Waals surface area (Å²) in [5.74, 6) is -0.799. The van der Waals surface area contributed by atoms with Crippen LogP contribution in [0.2, 0.25) is 5.31 Å². The van der Waals surface area contributed by atoms with Crippen LogP contribution in [0.25, 0.3) is 0 Å². The number of ether oxygens (including phenoxy) is 1. The summed E-state index contributed by atoms with van der Waals surface area (Å²) < 4.78 is 41.3. The molecule has 0 aromatic carbocycles. The van der Waals surface area contributed by atoms with Crippen LogP contribution in [0.5, 0.6) is 0 Å². The zero-order chi connectivity index (χ0) is 10.7. The number of esters is 1. The van der Waals surface area contributed by atoms with E-state index in [1.165, 1.54) is 0 Å². The van der Waals surface area contributed by atoms with Crippen molar-refractivity contribution in [2.45, 2.75) is 32.5 Å². The molecule has 0 aliphatic heterocycles. The fourth-order valence-electron chi connectivity index (χ4n) is 0.700. The molecule has 0 rings (SSSR count). The molecule has 0 bridgehead atoms. The summed E-state index contributed by atoms with van der Waals surface area (Å²) in [6, 6.07) is 0. The smallest absolute Gasteiger partial charge is 0.466 e. The molecule has 0 aromatic heterocycles. The Balaban J connectivity index is 0. The van der Waals surface area contributed by atoms with E-state index in [1.54, 1.807) is 6.92 Å². The number of hydrogen-bond donors (Lipinski definition) is 0. The predicted octanol–water partition coefficient (Wildman–Crippen LogP) is -0.429. The van der Waals surface area contributed by atoms with Crippen molar-refractivity contribution < 1.29 is 73.9 Å². The molecule has 0 spiro atoms. The summed E-state index contributed by atoms with van der Waals surface area (Å²) in [4.78, 5) is 10.8. The summed E-state index contributed by atoms with van der Waals surface area (Å²) in [5.41, 5.74) is 0. The summed E-state index contributed by atoms with van der Waals surface area (Å²) in [5, 5.41) is -1.95. The molecule has 0 unspecified atom stereocenters. The first-order valence-electron chi connectivity index (χ1n) is 4.05. The Kier molecular flexibility index (Phi) is 8.09. The molecule has 0 aliphatic carbocycles. The van der Waals surface area contributed by atoms with Crippen LogP contribution in [0.3, 0.4) is 0 Å². The third-order valence-electron chi connectivity index (χ3n) is 1.79. The minimum absolute atomic E-state index is 0. The van der Waals surface area contributed by atoms with Crippen molar-refractivity contribution in [2.75, 3.05) is 6.61 Å². The SMILES string of the molecule is CCOC(=O)CC(C)(C)[B-](F)(F)F.[K+]. The molecule has 0 amide bonds. The Labute approximate surface area is 124 Å². The van der Waals surface area contributed by atoms with E-state index in [4.69, 9.17) is 0 Å². The summed E-state index contributed by atoms with van der Waals surface area (Å²) in [7, 11) is 0. The molecule has 0 N–H and O–H groups in total. The van der Waals surface area contributed by atoms with Crippen LogP contribution in [-0.2, 0) is 9.53 Å². The maximum atomic E-state index is 12.3. The molecular formula is C7H13BF3KO2.